The fourth-order valence-corrected chi connectivity index (χ4v) is 3.47. The highest BCUT2D eigenvalue weighted by molar-refractivity contribution is 6.06. The maximum atomic E-state index is 12.9. The number of likely N-dealkylation sites (tertiary alicyclic amines) is 1. The molecule has 0 bridgehead atoms. The molecular weight excluding hydrogens is 316 g/mol. The number of carbonyl (C=O) groups excluding carboxylic acids is 1. The number of amides is 1. The van der Waals surface area contributed by atoms with Crippen molar-refractivity contribution in [2.45, 2.75) is 58.9 Å². The Labute approximate surface area is 149 Å². The van der Waals surface area contributed by atoms with E-state index in [-0.39, 0.29) is 17.9 Å². The van der Waals surface area contributed by atoms with Crippen molar-refractivity contribution >= 4 is 17.0 Å². The molecule has 0 atom stereocenters. The number of fused-ring (bicyclic) bond motifs is 1. The van der Waals surface area contributed by atoms with Gasteiger partial charge in [0, 0.05) is 24.8 Å². The van der Waals surface area contributed by atoms with Crippen molar-refractivity contribution in [2.24, 2.45) is 0 Å². The van der Waals surface area contributed by atoms with Crippen LogP contribution in [0.5, 0.6) is 0 Å². The first kappa shape index (κ1) is 17.9. The van der Waals surface area contributed by atoms with E-state index in [0.717, 1.165) is 43.6 Å². The summed E-state index contributed by atoms with van der Waals surface area (Å²) < 4.78 is 5.31. The Hall–Kier alpha value is -1.95. The summed E-state index contributed by atoms with van der Waals surface area (Å²) in [6, 6.07) is 2.12. The molecule has 2 aromatic rings. The van der Waals surface area contributed by atoms with Crippen LogP contribution in [0.4, 0.5) is 0 Å². The predicted molar refractivity (Wildman–Crippen MR) is 97.8 cm³/mol. The van der Waals surface area contributed by atoms with Crippen LogP contribution in [0, 0.1) is 6.92 Å². The summed E-state index contributed by atoms with van der Waals surface area (Å²) in [5, 5.41) is 7.93. The lowest BCUT2D eigenvalue weighted by Crippen LogP contribution is -2.44. The van der Waals surface area contributed by atoms with Crippen molar-refractivity contribution in [3.05, 3.63) is 23.0 Å². The molecule has 1 fully saturated rings. The van der Waals surface area contributed by atoms with Crippen molar-refractivity contribution in [1.82, 2.24) is 20.4 Å². The number of carbonyl (C=O) groups is 1. The minimum absolute atomic E-state index is 0.0467. The molecule has 0 radical (unpaired) electrons. The van der Waals surface area contributed by atoms with Crippen LogP contribution in [0.25, 0.3) is 11.1 Å². The zero-order chi connectivity index (χ0) is 18.0. The first-order valence-corrected chi connectivity index (χ1v) is 9.29. The Morgan fingerprint density at radius 2 is 2.12 bits per heavy atom. The van der Waals surface area contributed by atoms with E-state index in [4.69, 9.17) is 4.52 Å². The fraction of sp³-hybridized carbons (Fsp3) is 0.632. The smallest absolute Gasteiger partial charge is 0.259 e. The van der Waals surface area contributed by atoms with Crippen molar-refractivity contribution in [2.75, 3.05) is 19.6 Å². The lowest BCUT2D eigenvalue weighted by molar-refractivity contribution is 0.0912. The number of nitrogens with one attached hydrogen (secondary N) is 1. The second-order valence-electron chi connectivity index (χ2n) is 7.29. The third-order valence-electron chi connectivity index (χ3n) is 4.94. The number of hydrogen-bond acceptors (Lipinski definition) is 5. The standard InChI is InChI=1S/C19H28N4O2/c1-5-8-23-9-6-14(7-10-23)20-18(24)15-11-16(12(2)3)21-19-17(15)13(4)22-25-19/h11-12,14H,5-10H2,1-4H3,(H,20,24). The van der Waals surface area contributed by atoms with Crippen LogP contribution in [0.15, 0.2) is 10.6 Å². The maximum absolute atomic E-state index is 12.9. The zero-order valence-corrected chi connectivity index (χ0v) is 15.6. The highest BCUT2D eigenvalue weighted by atomic mass is 16.5. The maximum Gasteiger partial charge on any atom is 0.259 e. The topological polar surface area (TPSA) is 71.3 Å². The normalized spacial score (nSPS) is 16.7. The van der Waals surface area contributed by atoms with Gasteiger partial charge in [-0.25, -0.2) is 4.98 Å². The second-order valence-corrected chi connectivity index (χ2v) is 7.29. The van der Waals surface area contributed by atoms with Gasteiger partial charge in [0.2, 0.25) is 0 Å². The largest absolute Gasteiger partial charge is 0.349 e. The van der Waals surface area contributed by atoms with E-state index in [1.165, 1.54) is 6.42 Å². The number of aromatic nitrogens is 2. The van der Waals surface area contributed by atoms with Gasteiger partial charge in [0.05, 0.1) is 16.6 Å². The van der Waals surface area contributed by atoms with E-state index in [2.05, 4.69) is 41.1 Å². The molecule has 0 unspecified atom stereocenters. The first-order valence-electron chi connectivity index (χ1n) is 9.29. The van der Waals surface area contributed by atoms with Gasteiger partial charge in [-0.15, -0.1) is 0 Å². The SMILES string of the molecule is CCCN1CCC(NC(=O)c2cc(C(C)C)nc3onc(C)c23)CC1. The number of pyridine rings is 1. The van der Waals surface area contributed by atoms with Crippen LogP contribution in [0.1, 0.15) is 67.7 Å². The number of aryl methyl sites for hydroxylation is 1. The van der Waals surface area contributed by atoms with Crippen LogP contribution >= 0.6 is 0 Å². The van der Waals surface area contributed by atoms with Gasteiger partial charge < -0.3 is 14.7 Å². The molecule has 0 spiro atoms. The van der Waals surface area contributed by atoms with Crippen molar-refractivity contribution < 1.29 is 9.32 Å². The molecule has 0 aliphatic carbocycles. The highest BCUT2D eigenvalue weighted by Gasteiger charge is 2.24. The number of rotatable bonds is 5. The van der Waals surface area contributed by atoms with E-state index < -0.39 is 0 Å². The van der Waals surface area contributed by atoms with Gasteiger partial charge in [-0.3, -0.25) is 4.79 Å². The van der Waals surface area contributed by atoms with Crippen LogP contribution < -0.4 is 5.32 Å². The van der Waals surface area contributed by atoms with Gasteiger partial charge in [-0.05, 0) is 44.7 Å². The van der Waals surface area contributed by atoms with Gasteiger partial charge in [-0.2, -0.15) is 0 Å². The van der Waals surface area contributed by atoms with E-state index in [1.807, 2.05) is 13.0 Å². The van der Waals surface area contributed by atoms with Gasteiger partial charge in [0.25, 0.3) is 11.6 Å². The van der Waals surface area contributed by atoms with E-state index in [1.54, 1.807) is 0 Å². The van der Waals surface area contributed by atoms with Crippen molar-refractivity contribution in [3.63, 3.8) is 0 Å². The molecule has 6 nitrogen and oxygen atoms in total. The zero-order valence-electron chi connectivity index (χ0n) is 15.6. The second kappa shape index (κ2) is 7.52. The summed E-state index contributed by atoms with van der Waals surface area (Å²) in [6.07, 6.45) is 3.18. The summed E-state index contributed by atoms with van der Waals surface area (Å²) >= 11 is 0. The van der Waals surface area contributed by atoms with Gasteiger partial charge in [-0.1, -0.05) is 25.9 Å². The van der Waals surface area contributed by atoms with Crippen molar-refractivity contribution in [1.29, 1.82) is 0 Å². The highest BCUT2D eigenvalue weighted by Crippen LogP contribution is 2.25. The Morgan fingerprint density at radius 1 is 1.40 bits per heavy atom. The molecule has 6 heteroatoms. The molecule has 3 rings (SSSR count). The lowest BCUT2D eigenvalue weighted by Gasteiger charge is -2.32. The molecule has 0 aromatic carbocycles. The minimum Gasteiger partial charge on any atom is -0.349 e. The summed E-state index contributed by atoms with van der Waals surface area (Å²) in [6.45, 7) is 11.4. The molecule has 136 valence electrons. The molecule has 1 aliphatic rings. The van der Waals surface area contributed by atoms with Crippen LogP contribution in [0.2, 0.25) is 0 Å². The Kier molecular flexibility index (Phi) is 5.37. The summed E-state index contributed by atoms with van der Waals surface area (Å²) in [5.41, 5.74) is 2.64. The lowest BCUT2D eigenvalue weighted by atomic mass is 10.0. The van der Waals surface area contributed by atoms with Gasteiger partial charge >= 0.3 is 0 Å². The van der Waals surface area contributed by atoms with E-state index >= 15 is 0 Å². The minimum atomic E-state index is -0.0467. The molecule has 1 amide bonds. The molecule has 2 aromatic heterocycles. The van der Waals surface area contributed by atoms with Gasteiger partial charge in [0.1, 0.15) is 0 Å². The third-order valence-corrected chi connectivity index (χ3v) is 4.94. The molecule has 1 aliphatic heterocycles. The average Bonchev–Trinajstić information content (AvgIpc) is 2.97. The van der Waals surface area contributed by atoms with E-state index in [9.17, 15) is 4.79 Å². The molecular formula is C19H28N4O2. The first-order chi connectivity index (χ1) is 12.0. The Bertz CT molecular complexity index is 745. The fourth-order valence-electron chi connectivity index (χ4n) is 3.47. The van der Waals surface area contributed by atoms with Crippen LogP contribution in [-0.4, -0.2) is 46.6 Å². The Morgan fingerprint density at radius 3 is 2.76 bits per heavy atom. The molecule has 1 N–H and O–H groups in total. The number of piperidine rings is 1. The summed E-state index contributed by atoms with van der Waals surface area (Å²) in [5.74, 6) is 0.174. The summed E-state index contributed by atoms with van der Waals surface area (Å²) in [7, 11) is 0. The third kappa shape index (κ3) is 3.84. The van der Waals surface area contributed by atoms with Crippen molar-refractivity contribution in [3.8, 4) is 0 Å². The summed E-state index contributed by atoms with van der Waals surface area (Å²) in [4.78, 5) is 19.9. The molecule has 1 saturated heterocycles. The number of hydrogen-bond donors (Lipinski definition) is 1. The van der Waals surface area contributed by atoms with E-state index in [0.29, 0.717) is 17.0 Å². The molecule has 3 heterocycles. The number of nitrogens with zero attached hydrogens (tertiary/aromatic N) is 3. The van der Waals surface area contributed by atoms with Gasteiger partial charge in [0.15, 0.2) is 0 Å². The molecule has 25 heavy (non-hydrogen) atoms. The quantitative estimate of drug-likeness (QED) is 0.901. The molecule has 0 saturated carbocycles. The monoisotopic (exact) mass is 344 g/mol. The van der Waals surface area contributed by atoms with Crippen LogP contribution in [-0.2, 0) is 0 Å². The Balaban J connectivity index is 1.79. The average molecular weight is 344 g/mol. The van der Waals surface area contributed by atoms with Crippen LogP contribution in [0.3, 0.4) is 0 Å². The predicted octanol–water partition coefficient (Wildman–Crippen LogP) is 3.26.